The van der Waals surface area contributed by atoms with Gasteiger partial charge in [0.1, 0.15) is 11.4 Å². The summed E-state index contributed by atoms with van der Waals surface area (Å²) in [5.74, 6) is 1.23. The summed E-state index contributed by atoms with van der Waals surface area (Å²) < 4.78 is 11.8. The fourth-order valence-corrected chi connectivity index (χ4v) is 4.18. The number of nitrogens with zero attached hydrogens (tertiary/aromatic N) is 1. The molecule has 1 N–H and O–H groups in total. The number of ether oxygens (including phenoxy) is 2. The molecular formula is C22H31BrN2O4. The number of carbonyl (C=O) groups is 2. The third kappa shape index (κ3) is 5.87. The maximum absolute atomic E-state index is 13.0. The molecule has 3 rings (SSSR count). The molecule has 2 fully saturated rings. The largest absolute Gasteiger partial charge is 0.497 e. The van der Waals surface area contributed by atoms with Crippen LogP contribution in [0, 0.1) is 11.8 Å². The zero-order chi connectivity index (χ0) is 21.2. The van der Waals surface area contributed by atoms with Gasteiger partial charge in [0.05, 0.1) is 13.2 Å². The van der Waals surface area contributed by atoms with Crippen LogP contribution >= 0.6 is 15.9 Å². The standard InChI is InChI=1S/C22H31BrN2O4/c1-22(2,3)29-21(27)25-11-9-15(10-12-25)20(26)24-19(14-5-6-14)17-13-16(28-4)7-8-18(17)23/h7-8,13-15,19H,5-6,9-12H2,1-4H3,(H,24,26). The van der Waals surface area contributed by atoms with Gasteiger partial charge in [-0.05, 0) is 76.1 Å². The Labute approximate surface area is 181 Å². The van der Waals surface area contributed by atoms with Crippen molar-refractivity contribution in [1.82, 2.24) is 10.2 Å². The lowest BCUT2D eigenvalue weighted by Gasteiger charge is -2.33. The molecule has 29 heavy (non-hydrogen) atoms. The maximum Gasteiger partial charge on any atom is 0.410 e. The van der Waals surface area contributed by atoms with Gasteiger partial charge >= 0.3 is 6.09 Å². The lowest BCUT2D eigenvalue weighted by atomic mass is 9.94. The van der Waals surface area contributed by atoms with Crippen molar-refractivity contribution in [2.24, 2.45) is 11.8 Å². The minimum Gasteiger partial charge on any atom is -0.497 e. The summed E-state index contributed by atoms with van der Waals surface area (Å²) in [6, 6.07) is 5.86. The summed E-state index contributed by atoms with van der Waals surface area (Å²) in [5.41, 5.74) is 0.554. The topological polar surface area (TPSA) is 67.9 Å². The molecule has 2 amide bonds. The zero-order valence-corrected chi connectivity index (χ0v) is 19.3. The van der Waals surface area contributed by atoms with E-state index in [1.165, 1.54) is 0 Å². The van der Waals surface area contributed by atoms with Gasteiger partial charge in [0.25, 0.3) is 0 Å². The van der Waals surface area contributed by atoms with E-state index in [0.717, 1.165) is 28.6 Å². The summed E-state index contributed by atoms with van der Waals surface area (Å²) in [4.78, 5) is 26.9. The molecule has 1 aromatic rings. The number of benzene rings is 1. The number of halogens is 1. The second-order valence-corrected chi connectivity index (χ2v) is 9.81. The predicted octanol–water partition coefficient (Wildman–Crippen LogP) is 4.67. The van der Waals surface area contributed by atoms with Crippen molar-refractivity contribution in [3.8, 4) is 5.75 Å². The Balaban J connectivity index is 1.60. The number of likely N-dealkylation sites (tertiary alicyclic amines) is 1. The van der Waals surface area contributed by atoms with Crippen LogP contribution in [-0.2, 0) is 9.53 Å². The highest BCUT2D eigenvalue weighted by Crippen LogP contribution is 2.44. The van der Waals surface area contributed by atoms with E-state index in [2.05, 4.69) is 21.2 Å². The van der Waals surface area contributed by atoms with E-state index < -0.39 is 5.60 Å². The molecule has 7 heteroatoms. The molecule has 1 aromatic carbocycles. The third-order valence-corrected chi connectivity index (χ3v) is 6.17. The number of methoxy groups -OCH3 is 1. The van der Waals surface area contributed by atoms with Crippen molar-refractivity contribution in [2.45, 2.75) is 58.1 Å². The van der Waals surface area contributed by atoms with E-state index in [9.17, 15) is 9.59 Å². The molecule has 1 unspecified atom stereocenters. The molecule has 1 aliphatic heterocycles. The second-order valence-electron chi connectivity index (χ2n) is 8.95. The van der Waals surface area contributed by atoms with Gasteiger partial charge in [0, 0.05) is 23.5 Å². The monoisotopic (exact) mass is 466 g/mol. The summed E-state index contributed by atoms with van der Waals surface area (Å²) in [6.07, 6.45) is 3.24. The maximum atomic E-state index is 13.0. The molecule has 160 valence electrons. The Morgan fingerprint density at radius 1 is 1.17 bits per heavy atom. The number of amides is 2. The van der Waals surface area contributed by atoms with Gasteiger partial charge in [-0.1, -0.05) is 15.9 Å². The predicted molar refractivity (Wildman–Crippen MR) is 115 cm³/mol. The Morgan fingerprint density at radius 2 is 1.83 bits per heavy atom. The number of rotatable bonds is 5. The van der Waals surface area contributed by atoms with Crippen molar-refractivity contribution in [2.75, 3.05) is 20.2 Å². The quantitative estimate of drug-likeness (QED) is 0.684. The summed E-state index contributed by atoms with van der Waals surface area (Å²) >= 11 is 3.63. The Bertz CT molecular complexity index is 750. The molecule has 2 aliphatic rings. The van der Waals surface area contributed by atoms with Gasteiger partial charge in [-0.3, -0.25) is 4.79 Å². The van der Waals surface area contributed by atoms with Crippen molar-refractivity contribution < 1.29 is 19.1 Å². The summed E-state index contributed by atoms with van der Waals surface area (Å²) in [5, 5.41) is 3.28. The smallest absolute Gasteiger partial charge is 0.410 e. The highest BCUT2D eigenvalue weighted by Gasteiger charge is 2.37. The van der Waals surface area contributed by atoms with Gasteiger partial charge in [0.15, 0.2) is 0 Å². The average Bonchev–Trinajstić information content (AvgIpc) is 3.50. The van der Waals surface area contributed by atoms with Crippen LogP contribution in [0.5, 0.6) is 5.75 Å². The third-order valence-electron chi connectivity index (χ3n) is 5.45. The van der Waals surface area contributed by atoms with E-state index in [-0.39, 0.29) is 24.0 Å². The van der Waals surface area contributed by atoms with Crippen LogP contribution in [-0.4, -0.2) is 42.7 Å². The molecule has 1 saturated heterocycles. The minimum absolute atomic E-state index is 0.0177. The summed E-state index contributed by atoms with van der Waals surface area (Å²) in [6.45, 7) is 6.67. The zero-order valence-electron chi connectivity index (χ0n) is 17.7. The highest BCUT2D eigenvalue weighted by molar-refractivity contribution is 9.10. The van der Waals surface area contributed by atoms with E-state index in [0.29, 0.717) is 31.8 Å². The van der Waals surface area contributed by atoms with Crippen molar-refractivity contribution >= 4 is 27.9 Å². The number of hydrogen-bond donors (Lipinski definition) is 1. The Hall–Kier alpha value is -1.76. The van der Waals surface area contributed by atoms with E-state index in [4.69, 9.17) is 9.47 Å². The van der Waals surface area contributed by atoms with Crippen LogP contribution < -0.4 is 10.1 Å². The highest BCUT2D eigenvalue weighted by atomic mass is 79.9. The lowest BCUT2D eigenvalue weighted by molar-refractivity contribution is -0.127. The van der Waals surface area contributed by atoms with Gasteiger partial charge in [0.2, 0.25) is 5.91 Å². The number of hydrogen-bond acceptors (Lipinski definition) is 4. The Morgan fingerprint density at radius 3 is 2.38 bits per heavy atom. The molecule has 0 aromatic heterocycles. The Kier molecular flexibility index (Phi) is 6.76. The van der Waals surface area contributed by atoms with E-state index in [1.54, 1.807) is 12.0 Å². The molecule has 0 bridgehead atoms. The van der Waals surface area contributed by atoms with Gasteiger partial charge < -0.3 is 19.7 Å². The first-order valence-electron chi connectivity index (χ1n) is 10.3. The van der Waals surface area contributed by atoms with E-state index >= 15 is 0 Å². The molecule has 1 atom stereocenters. The normalized spacial score (nSPS) is 18.9. The first-order valence-corrected chi connectivity index (χ1v) is 11.1. The van der Waals surface area contributed by atoms with Crippen LogP contribution in [0.1, 0.15) is 58.1 Å². The van der Waals surface area contributed by atoms with Crippen LogP contribution in [0.25, 0.3) is 0 Å². The lowest BCUT2D eigenvalue weighted by Crippen LogP contribution is -2.45. The van der Waals surface area contributed by atoms with Crippen LogP contribution in [0.3, 0.4) is 0 Å². The van der Waals surface area contributed by atoms with Crippen molar-refractivity contribution in [1.29, 1.82) is 0 Å². The van der Waals surface area contributed by atoms with Crippen molar-refractivity contribution in [3.63, 3.8) is 0 Å². The fraction of sp³-hybridized carbons (Fsp3) is 0.636. The van der Waals surface area contributed by atoms with Gasteiger partial charge in [-0.15, -0.1) is 0 Å². The molecule has 1 saturated carbocycles. The molecule has 0 spiro atoms. The molecule has 0 radical (unpaired) electrons. The number of piperidine rings is 1. The first-order chi connectivity index (χ1) is 13.7. The van der Waals surface area contributed by atoms with Gasteiger partial charge in [-0.2, -0.15) is 0 Å². The number of nitrogens with one attached hydrogen (secondary N) is 1. The minimum atomic E-state index is -0.507. The van der Waals surface area contributed by atoms with Gasteiger partial charge in [-0.25, -0.2) is 4.79 Å². The second kappa shape index (κ2) is 8.94. The van der Waals surface area contributed by atoms with E-state index in [1.807, 2.05) is 39.0 Å². The molecule has 1 heterocycles. The SMILES string of the molecule is COc1ccc(Br)c(C(NC(=O)C2CCN(C(=O)OC(C)(C)C)CC2)C2CC2)c1. The number of carbonyl (C=O) groups excluding carboxylic acids is 2. The molecule has 6 nitrogen and oxygen atoms in total. The van der Waals surface area contributed by atoms with Crippen molar-refractivity contribution in [3.05, 3.63) is 28.2 Å². The summed E-state index contributed by atoms with van der Waals surface area (Å²) in [7, 11) is 1.65. The van der Waals surface area contributed by atoms with Crippen LogP contribution in [0.4, 0.5) is 4.79 Å². The average molecular weight is 467 g/mol. The first kappa shape index (κ1) is 21.9. The van der Waals surface area contributed by atoms with Crippen LogP contribution in [0.15, 0.2) is 22.7 Å². The van der Waals surface area contributed by atoms with Crippen LogP contribution in [0.2, 0.25) is 0 Å². The molecular weight excluding hydrogens is 436 g/mol. The fourth-order valence-electron chi connectivity index (χ4n) is 3.69. The molecule has 1 aliphatic carbocycles.